The molecule has 3 heteroatoms. The predicted molar refractivity (Wildman–Crippen MR) is 68.5 cm³/mol. The lowest BCUT2D eigenvalue weighted by atomic mass is 10.2. The summed E-state index contributed by atoms with van der Waals surface area (Å²) in [7, 11) is 0. The normalized spacial score (nSPS) is 12.4. The zero-order valence-electron chi connectivity index (χ0n) is 10.2. The van der Waals surface area contributed by atoms with Gasteiger partial charge in [-0.2, -0.15) is 0 Å². The van der Waals surface area contributed by atoms with Gasteiger partial charge in [-0.1, -0.05) is 12.1 Å². The Morgan fingerprint density at radius 2 is 2.06 bits per heavy atom. The van der Waals surface area contributed by atoms with Crippen molar-refractivity contribution in [2.75, 3.05) is 0 Å². The van der Waals surface area contributed by atoms with Crippen LogP contribution in [0.1, 0.15) is 30.0 Å². The molecule has 0 saturated carbocycles. The maximum atomic E-state index is 4.46. The minimum Gasteiger partial charge on any atom is -0.303 e. The highest BCUT2D eigenvalue weighted by molar-refractivity contribution is 5.11. The van der Waals surface area contributed by atoms with E-state index in [9.17, 15) is 0 Å². The van der Waals surface area contributed by atoms with Crippen molar-refractivity contribution in [1.82, 2.24) is 15.3 Å². The maximum Gasteiger partial charge on any atom is 0.0570 e. The van der Waals surface area contributed by atoms with E-state index in [1.165, 1.54) is 0 Å². The third-order valence-corrected chi connectivity index (χ3v) is 2.67. The molecule has 0 spiro atoms. The Morgan fingerprint density at radius 3 is 2.76 bits per heavy atom. The molecule has 17 heavy (non-hydrogen) atoms. The molecule has 1 unspecified atom stereocenters. The van der Waals surface area contributed by atoms with E-state index < -0.39 is 0 Å². The SMILES string of the molecule is Cc1cccc(CNC(C)c2ccccn2)n1. The summed E-state index contributed by atoms with van der Waals surface area (Å²) >= 11 is 0. The summed E-state index contributed by atoms with van der Waals surface area (Å²) in [5, 5.41) is 3.42. The van der Waals surface area contributed by atoms with Gasteiger partial charge >= 0.3 is 0 Å². The van der Waals surface area contributed by atoms with Crippen molar-refractivity contribution in [2.45, 2.75) is 26.4 Å². The summed E-state index contributed by atoms with van der Waals surface area (Å²) < 4.78 is 0. The van der Waals surface area contributed by atoms with Crippen LogP contribution in [0.5, 0.6) is 0 Å². The van der Waals surface area contributed by atoms with Gasteiger partial charge in [0.1, 0.15) is 0 Å². The van der Waals surface area contributed by atoms with Gasteiger partial charge in [0.05, 0.1) is 11.4 Å². The van der Waals surface area contributed by atoms with E-state index in [0.717, 1.165) is 23.6 Å². The highest BCUT2D eigenvalue weighted by Gasteiger charge is 2.05. The number of rotatable bonds is 4. The second-order valence-electron chi connectivity index (χ2n) is 4.13. The highest BCUT2D eigenvalue weighted by atomic mass is 14.9. The van der Waals surface area contributed by atoms with Crippen LogP contribution in [0.4, 0.5) is 0 Å². The van der Waals surface area contributed by atoms with Gasteiger partial charge in [0.2, 0.25) is 0 Å². The first-order valence-corrected chi connectivity index (χ1v) is 5.82. The summed E-state index contributed by atoms with van der Waals surface area (Å²) in [6, 6.07) is 12.3. The molecular weight excluding hydrogens is 210 g/mol. The third-order valence-electron chi connectivity index (χ3n) is 2.67. The largest absolute Gasteiger partial charge is 0.303 e. The molecule has 2 aromatic rings. The average molecular weight is 227 g/mol. The molecule has 88 valence electrons. The Hall–Kier alpha value is -1.74. The van der Waals surface area contributed by atoms with Crippen molar-refractivity contribution >= 4 is 0 Å². The molecule has 3 nitrogen and oxygen atoms in total. The van der Waals surface area contributed by atoms with Gasteiger partial charge in [-0.15, -0.1) is 0 Å². The van der Waals surface area contributed by atoms with E-state index in [2.05, 4.69) is 22.2 Å². The minimum atomic E-state index is 0.235. The molecule has 0 bridgehead atoms. The lowest BCUT2D eigenvalue weighted by Crippen LogP contribution is -2.19. The fraction of sp³-hybridized carbons (Fsp3) is 0.286. The molecule has 0 amide bonds. The number of hydrogen-bond donors (Lipinski definition) is 1. The zero-order chi connectivity index (χ0) is 12.1. The molecule has 2 rings (SSSR count). The summed E-state index contributed by atoms with van der Waals surface area (Å²) in [5.74, 6) is 0. The number of pyridine rings is 2. The predicted octanol–water partition coefficient (Wildman–Crippen LogP) is 2.64. The first kappa shape index (κ1) is 11.7. The molecule has 1 atom stereocenters. The van der Waals surface area contributed by atoms with Crippen LogP contribution >= 0.6 is 0 Å². The van der Waals surface area contributed by atoms with Crippen LogP contribution in [0, 0.1) is 6.92 Å². The zero-order valence-corrected chi connectivity index (χ0v) is 10.2. The van der Waals surface area contributed by atoms with Crippen LogP contribution in [-0.2, 0) is 6.54 Å². The molecule has 0 saturated heterocycles. The van der Waals surface area contributed by atoms with Crippen LogP contribution in [0.15, 0.2) is 42.6 Å². The quantitative estimate of drug-likeness (QED) is 0.872. The van der Waals surface area contributed by atoms with Crippen molar-refractivity contribution in [1.29, 1.82) is 0 Å². The van der Waals surface area contributed by atoms with Crippen molar-refractivity contribution in [3.63, 3.8) is 0 Å². The lowest BCUT2D eigenvalue weighted by Gasteiger charge is -2.12. The van der Waals surface area contributed by atoms with Gasteiger partial charge in [0.25, 0.3) is 0 Å². The lowest BCUT2D eigenvalue weighted by molar-refractivity contribution is 0.555. The van der Waals surface area contributed by atoms with Gasteiger partial charge < -0.3 is 5.32 Å². The topological polar surface area (TPSA) is 37.8 Å². The van der Waals surface area contributed by atoms with Crippen LogP contribution in [0.2, 0.25) is 0 Å². The van der Waals surface area contributed by atoms with Gasteiger partial charge in [0, 0.05) is 24.5 Å². The van der Waals surface area contributed by atoms with Crippen molar-refractivity contribution in [2.24, 2.45) is 0 Å². The Balaban J connectivity index is 1.95. The Morgan fingerprint density at radius 1 is 1.18 bits per heavy atom. The van der Waals surface area contributed by atoms with Crippen LogP contribution in [0.25, 0.3) is 0 Å². The average Bonchev–Trinajstić information content (AvgIpc) is 2.37. The second-order valence-corrected chi connectivity index (χ2v) is 4.13. The van der Waals surface area contributed by atoms with E-state index in [4.69, 9.17) is 0 Å². The second kappa shape index (κ2) is 5.55. The van der Waals surface area contributed by atoms with E-state index in [-0.39, 0.29) is 6.04 Å². The summed E-state index contributed by atoms with van der Waals surface area (Å²) in [5.41, 5.74) is 3.17. The van der Waals surface area contributed by atoms with E-state index in [1.807, 2.05) is 49.5 Å². The van der Waals surface area contributed by atoms with Crippen molar-refractivity contribution in [3.05, 3.63) is 59.7 Å². The van der Waals surface area contributed by atoms with E-state index in [1.54, 1.807) is 0 Å². The Kier molecular flexibility index (Phi) is 3.83. The molecular formula is C14H17N3. The number of aromatic nitrogens is 2. The summed E-state index contributed by atoms with van der Waals surface area (Å²) in [4.78, 5) is 8.78. The van der Waals surface area contributed by atoms with E-state index >= 15 is 0 Å². The standard InChI is InChI=1S/C14H17N3/c1-11-6-5-7-13(17-11)10-16-12(2)14-8-3-4-9-15-14/h3-9,12,16H,10H2,1-2H3. The molecule has 0 aliphatic heterocycles. The Bertz CT molecular complexity index is 468. The minimum absolute atomic E-state index is 0.235. The smallest absolute Gasteiger partial charge is 0.0570 e. The highest BCUT2D eigenvalue weighted by Crippen LogP contribution is 2.08. The van der Waals surface area contributed by atoms with Crippen LogP contribution < -0.4 is 5.32 Å². The molecule has 0 aliphatic carbocycles. The first-order chi connectivity index (χ1) is 8.25. The van der Waals surface area contributed by atoms with Crippen LogP contribution in [-0.4, -0.2) is 9.97 Å². The molecule has 2 aromatic heterocycles. The molecule has 0 aromatic carbocycles. The molecule has 0 aliphatic rings. The fourth-order valence-electron chi connectivity index (χ4n) is 1.69. The Labute approximate surface area is 102 Å². The van der Waals surface area contributed by atoms with Crippen molar-refractivity contribution < 1.29 is 0 Å². The monoisotopic (exact) mass is 227 g/mol. The van der Waals surface area contributed by atoms with Gasteiger partial charge in [0.15, 0.2) is 0 Å². The third kappa shape index (κ3) is 3.36. The summed E-state index contributed by atoms with van der Waals surface area (Å²) in [6.45, 7) is 4.88. The molecule has 1 N–H and O–H groups in total. The van der Waals surface area contributed by atoms with Gasteiger partial charge in [-0.25, -0.2) is 0 Å². The van der Waals surface area contributed by atoms with Gasteiger partial charge in [-0.3, -0.25) is 9.97 Å². The maximum absolute atomic E-state index is 4.46. The van der Waals surface area contributed by atoms with Crippen LogP contribution in [0.3, 0.4) is 0 Å². The first-order valence-electron chi connectivity index (χ1n) is 5.82. The molecule has 0 fully saturated rings. The number of aryl methyl sites for hydroxylation is 1. The summed E-state index contributed by atoms with van der Waals surface area (Å²) in [6.07, 6.45) is 1.82. The number of nitrogens with zero attached hydrogens (tertiary/aromatic N) is 2. The number of hydrogen-bond acceptors (Lipinski definition) is 3. The molecule has 2 heterocycles. The molecule has 0 radical (unpaired) electrons. The number of nitrogens with one attached hydrogen (secondary N) is 1. The fourth-order valence-corrected chi connectivity index (χ4v) is 1.69. The van der Waals surface area contributed by atoms with Crippen molar-refractivity contribution in [3.8, 4) is 0 Å². The van der Waals surface area contributed by atoms with Gasteiger partial charge in [-0.05, 0) is 38.1 Å². The van der Waals surface area contributed by atoms with E-state index in [0.29, 0.717) is 0 Å².